The Bertz CT molecular complexity index is 499. The molecule has 1 amide bonds. The van der Waals surface area contributed by atoms with E-state index in [4.69, 9.17) is 0 Å². The standard InChI is InChI=1S/C13H15F3N2O2/c1-9(19)17-6-4-3-5-10-7-11(13(14,15)16)12(20-2)18-8-10/h3,5,7-8H,4,6H2,1-2H3,(H,17,19). The van der Waals surface area contributed by atoms with Crippen LogP contribution in [0.1, 0.15) is 24.5 Å². The molecule has 20 heavy (non-hydrogen) atoms. The zero-order valence-electron chi connectivity index (χ0n) is 11.1. The number of rotatable bonds is 5. The summed E-state index contributed by atoms with van der Waals surface area (Å²) in [5.41, 5.74) is -0.593. The topological polar surface area (TPSA) is 51.2 Å². The zero-order chi connectivity index (χ0) is 15.2. The second-order valence-corrected chi connectivity index (χ2v) is 4.00. The SMILES string of the molecule is COc1ncc(C=CCCNC(C)=O)cc1C(F)(F)F. The van der Waals surface area contributed by atoms with Gasteiger partial charge in [0.15, 0.2) is 0 Å². The molecule has 1 rings (SSSR count). The van der Waals surface area contributed by atoms with E-state index >= 15 is 0 Å². The van der Waals surface area contributed by atoms with Crippen LogP contribution in [0.5, 0.6) is 5.88 Å². The van der Waals surface area contributed by atoms with E-state index in [9.17, 15) is 18.0 Å². The summed E-state index contributed by atoms with van der Waals surface area (Å²) in [7, 11) is 1.14. The van der Waals surface area contributed by atoms with Gasteiger partial charge in [-0.25, -0.2) is 4.98 Å². The number of nitrogens with one attached hydrogen (secondary N) is 1. The molecule has 1 heterocycles. The minimum Gasteiger partial charge on any atom is -0.481 e. The van der Waals surface area contributed by atoms with E-state index in [-0.39, 0.29) is 5.91 Å². The van der Waals surface area contributed by atoms with Gasteiger partial charge in [0, 0.05) is 19.7 Å². The fraction of sp³-hybridized carbons (Fsp3) is 0.385. The van der Waals surface area contributed by atoms with Gasteiger partial charge in [0.2, 0.25) is 11.8 Å². The van der Waals surface area contributed by atoms with Crippen LogP contribution in [0.2, 0.25) is 0 Å². The van der Waals surface area contributed by atoms with Crippen LogP contribution in [-0.2, 0) is 11.0 Å². The highest BCUT2D eigenvalue weighted by Crippen LogP contribution is 2.35. The molecule has 0 aliphatic rings. The smallest absolute Gasteiger partial charge is 0.421 e. The number of amides is 1. The predicted octanol–water partition coefficient (Wildman–Crippen LogP) is 2.65. The number of nitrogens with zero attached hydrogens (tertiary/aromatic N) is 1. The third-order valence-corrected chi connectivity index (χ3v) is 2.37. The maximum Gasteiger partial charge on any atom is 0.421 e. The van der Waals surface area contributed by atoms with Gasteiger partial charge >= 0.3 is 6.18 Å². The van der Waals surface area contributed by atoms with Crippen molar-refractivity contribution in [2.45, 2.75) is 19.5 Å². The highest BCUT2D eigenvalue weighted by molar-refractivity contribution is 5.72. The van der Waals surface area contributed by atoms with Crippen molar-refractivity contribution >= 4 is 12.0 Å². The lowest BCUT2D eigenvalue weighted by molar-refractivity contribution is -0.139. The summed E-state index contributed by atoms with van der Waals surface area (Å²) >= 11 is 0. The van der Waals surface area contributed by atoms with E-state index in [0.717, 1.165) is 13.2 Å². The number of hydrogen-bond acceptors (Lipinski definition) is 3. The normalized spacial score (nSPS) is 11.7. The molecule has 0 fully saturated rings. The van der Waals surface area contributed by atoms with Gasteiger partial charge < -0.3 is 10.1 Å². The first-order chi connectivity index (χ1) is 9.34. The number of carbonyl (C=O) groups is 1. The molecule has 0 spiro atoms. The maximum atomic E-state index is 12.8. The maximum absolute atomic E-state index is 12.8. The van der Waals surface area contributed by atoms with Crippen LogP contribution in [0, 0.1) is 0 Å². The fourth-order valence-electron chi connectivity index (χ4n) is 1.48. The highest BCUT2D eigenvalue weighted by Gasteiger charge is 2.35. The van der Waals surface area contributed by atoms with E-state index in [0.29, 0.717) is 18.5 Å². The van der Waals surface area contributed by atoms with E-state index in [1.54, 1.807) is 6.08 Å². The number of halogens is 3. The molecule has 0 bridgehead atoms. The van der Waals surface area contributed by atoms with Gasteiger partial charge in [0.25, 0.3) is 0 Å². The third-order valence-electron chi connectivity index (χ3n) is 2.37. The van der Waals surface area contributed by atoms with E-state index in [1.807, 2.05) is 0 Å². The number of alkyl halides is 3. The van der Waals surface area contributed by atoms with Crippen molar-refractivity contribution in [3.63, 3.8) is 0 Å². The van der Waals surface area contributed by atoms with E-state index in [1.165, 1.54) is 19.2 Å². The van der Waals surface area contributed by atoms with Gasteiger partial charge in [-0.15, -0.1) is 0 Å². The Hall–Kier alpha value is -2.05. The second kappa shape index (κ2) is 6.93. The lowest BCUT2D eigenvalue weighted by atomic mass is 10.1. The van der Waals surface area contributed by atoms with Crippen molar-refractivity contribution in [3.8, 4) is 5.88 Å². The average molecular weight is 288 g/mol. The van der Waals surface area contributed by atoms with E-state index in [2.05, 4.69) is 15.0 Å². The molecule has 0 saturated carbocycles. The summed E-state index contributed by atoms with van der Waals surface area (Å²) in [4.78, 5) is 14.2. The summed E-state index contributed by atoms with van der Waals surface area (Å²) in [6, 6.07) is 0.973. The van der Waals surface area contributed by atoms with Crippen molar-refractivity contribution < 1.29 is 22.7 Å². The average Bonchev–Trinajstić information content (AvgIpc) is 2.36. The summed E-state index contributed by atoms with van der Waals surface area (Å²) < 4.78 is 42.9. The number of ether oxygens (including phenoxy) is 1. The lowest BCUT2D eigenvalue weighted by Gasteiger charge is -2.11. The molecule has 0 saturated heterocycles. The minimum atomic E-state index is -4.52. The van der Waals surface area contributed by atoms with Crippen LogP contribution in [-0.4, -0.2) is 24.5 Å². The number of aromatic nitrogens is 1. The van der Waals surface area contributed by atoms with E-state index < -0.39 is 17.6 Å². The molecule has 4 nitrogen and oxygen atoms in total. The molecule has 110 valence electrons. The van der Waals surface area contributed by atoms with Gasteiger partial charge in [-0.2, -0.15) is 13.2 Å². The number of carbonyl (C=O) groups excluding carboxylic acids is 1. The van der Waals surface area contributed by atoms with Gasteiger partial charge in [-0.3, -0.25) is 4.79 Å². The zero-order valence-corrected chi connectivity index (χ0v) is 11.1. The first-order valence-corrected chi connectivity index (χ1v) is 5.87. The van der Waals surface area contributed by atoms with Crippen molar-refractivity contribution in [3.05, 3.63) is 29.5 Å². The van der Waals surface area contributed by atoms with Crippen molar-refractivity contribution in [2.24, 2.45) is 0 Å². The molecular weight excluding hydrogens is 273 g/mol. The molecule has 0 aliphatic heterocycles. The molecule has 0 aliphatic carbocycles. The molecule has 0 atom stereocenters. The Morgan fingerprint density at radius 1 is 1.50 bits per heavy atom. The van der Waals surface area contributed by atoms with Crippen LogP contribution in [0.15, 0.2) is 18.3 Å². The lowest BCUT2D eigenvalue weighted by Crippen LogP contribution is -2.20. The molecule has 0 radical (unpaired) electrons. The minimum absolute atomic E-state index is 0.149. The van der Waals surface area contributed by atoms with Crippen LogP contribution >= 0.6 is 0 Å². The number of hydrogen-bond donors (Lipinski definition) is 1. The van der Waals surface area contributed by atoms with Crippen molar-refractivity contribution in [2.75, 3.05) is 13.7 Å². The Labute approximate surface area is 114 Å². The highest BCUT2D eigenvalue weighted by atomic mass is 19.4. The second-order valence-electron chi connectivity index (χ2n) is 4.00. The molecule has 1 aromatic heterocycles. The third kappa shape index (κ3) is 4.91. The molecule has 0 unspecified atom stereocenters. The van der Waals surface area contributed by atoms with Gasteiger partial charge in [-0.05, 0) is 18.1 Å². The molecular formula is C13H15F3N2O2. The summed E-state index contributed by atoms with van der Waals surface area (Å²) in [5, 5.41) is 2.58. The summed E-state index contributed by atoms with van der Waals surface area (Å²) in [5.74, 6) is -0.600. The fourth-order valence-corrected chi connectivity index (χ4v) is 1.48. The Morgan fingerprint density at radius 2 is 2.20 bits per heavy atom. The Balaban J connectivity index is 2.77. The predicted molar refractivity (Wildman–Crippen MR) is 68.1 cm³/mol. The van der Waals surface area contributed by atoms with Gasteiger partial charge in [0.05, 0.1) is 7.11 Å². The summed E-state index contributed by atoms with van der Waals surface area (Å²) in [6.45, 7) is 1.83. The Kier molecular flexibility index (Phi) is 5.54. The van der Waals surface area contributed by atoms with Gasteiger partial charge in [0.1, 0.15) is 5.56 Å². The molecule has 1 N–H and O–H groups in total. The van der Waals surface area contributed by atoms with Crippen molar-refractivity contribution in [1.82, 2.24) is 10.3 Å². The quantitative estimate of drug-likeness (QED) is 0.847. The molecule has 0 aromatic carbocycles. The van der Waals surface area contributed by atoms with Crippen LogP contribution in [0.25, 0.3) is 6.08 Å². The van der Waals surface area contributed by atoms with Crippen molar-refractivity contribution in [1.29, 1.82) is 0 Å². The van der Waals surface area contributed by atoms with Crippen LogP contribution < -0.4 is 10.1 Å². The number of methoxy groups -OCH3 is 1. The largest absolute Gasteiger partial charge is 0.481 e. The molecule has 7 heteroatoms. The monoisotopic (exact) mass is 288 g/mol. The first-order valence-electron chi connectivity index (χ1n) is 5.87. The molecule has 1 aromatic rings. The number of pyridine rings is 1. The van der Waals surface area contributed by atoms with Crippen LogP contribution in [0.4, 0.5) is 13.2 Å². The Morgan fingerprint density at radius 3 is 2.75 bits per heavy atom. The van der Waals surface area contributed by atoms with Crippen LogP contribution in [0.3, 0.4) is 0 Å². The summed E-state index contributed by atoms with van der Waals surface area (Å²) in [6.07, 6.45) is 0.484. The van der Waals surface area contributed by atoms with Gasteiger partial charge in [-0.1, -0.05) is 12.2 Å². The first kappa shape index (κ1) is 16.0.